The van der Waals surface area contributed by atoms with Crippen molar-refractivity contribution in [1.82, 2.24) is 35.1 Å². The van der Waals surface area contributed by atoms with Crippen LogP contribution >= 0.6 is 0 Å². The third-order valence-electron chi connectivity index (χ3n) is 4.77. The van der Waals surface area contributed by atoms with Gasteiger partial charge in [0.25, 0.3) is 11.8 Å². The molecule has 0 saturated heterocycles. The number of imidazole rings is 2. The maximum atomic E-state index is 12.4. The lowest BCUT2D eigenvalue weighted by Crippen LogP contribution is -2.36. The minimum Gasteiger partial charge on any atom is -0.351 e. The zero-order valence-corrected chi connectivity index (χ0v) is 18.4. The van der Waals surface area contributed by atoms with Gasteiger partial charge in [0, 0.05) is 64.3 Å². The molecule has 2 aromatic rings. The number of hydrogen-bond acceptors (Lipinski definition) is 6. The molecule has 2 aromatic heterocycles. The van der Waals surface area contributed by atoms with Gasteiger partial charge in [-0.3, -0.25) is 19.2 Å². The Labute approximate surface area is 190 Å². The highest BCUT2D eigenvalue weighted by atomic mass is 16.2. The number of nitrogens with one attached hydrogen (secondary N) is 4. The predicted octanol–water partition coefficient (Wildman–Crippen LogP) is -0.355. The molecule has 0 spiro atoms. The molecule has 174 valence electrons. The van der Waals surface area contributed by atoms with Crippen LogP contribution in [0.3, 0.4) is 0 Å². The van der Waals surface area contributed by atoms with Crippen LogP contribution in [0.15, 0.2) is 42.4 Å². The van der Waals surface area contributed by atoms with E-state index in [4.69, 9.17) is 0 Å². The molecule has 12 nitrogen and oxygen atoms in total. The summed E-state index contributed by atoms with van der Waals surface area (Å²) in [6, 6.07) is 0. The van der Waals surface area contributed by atoms with Crippen LogP contribution in [0.2, 0.25) is 0 Å². The highest BCUT2D eigenvalue weighted by Gasteiger charge is 2.16. The van der Waals surface area contributed by atoms with Gasteiger partial charge in [0.15, 0.2) is 11.6 Å². The molecule has 0 unspecified atom stereocenters. The van der Waals surface area contributed by atoms with Gasteiger partial charge >= 0.3 is 0 Å². The van der Waals surface area contributed by atoms with Crippen LogP contribution < -0.4 is 21.3 Å². The molecule has 2 heterocycles. The lowest BCUT2D eigenvalue weighted by Gasteiger charge is -2.07. The molecule has 0 saturated carbocycles. The Bertz CT molecular complexity index is 1110. The molecule has 0 atom stereocenters. The molecule has 33 heavy (non-hydrogen) atoms. The van der Waals surface area contributed by atoms with Gasteiger partial charge in [0.1, 0.15) is 0 Å². The number of allylic oxidation sites excluding steroid dienone is 3. The van der Waals surface area contributed by atoms with E-state index in [0.717, 1.165) is 0 Å². The van der Waals surface area contributed by atoms with E-state index in [1.807, 2.05) is 12.2 Å². The van der Waals surface area contributed by atoms with Crippen LogP contribution in [0.4, 0.5) is 5.82 Å². The minimum absolute atomic E-state index is 0.0277. The van der Waals surface area contributed by atoms with Crippen LogP contribution in [0, 0.1) is 0 Å². The molecule has 0 bridgehead atoms. The Hall–Kier alpha value is -4.22. The van der Waals surface area contributed by atoms with E-state index in [1.54, 1.807) is 30.9 Å². The number of amides is 4. The monoisotopic (exact) mass is 454 g/mol. The summed E-state index contributed by atoms with van der Waals surface area (Å²) in [7, 11) is 3.33. The van der Waals surface area contributed by atoms with Crippen molar-refractivity contribution in [3.05, 3.63) is 54.0 Å². The Morgan fingerprint density at radius 1 is 0.939 bits per heavy atom. The Morgan fingerprint density at radius 2 is 1.64 bits per heavy atom. The normalized spacial score (nSPS) is 12.2. The fourth-order valence-corrected chi connectivity index (χ4v) is 3.06. The van der Waals surface area contributed by atoms with Crippen LogP contribution in [-0.4, -0.2) is 62.4 Å². The lowest BCUT2D eigenvalue weighted by atomic mass is 10.2. The smallest absolute Gasteiger partial charge is 0.287 e. The number of carbonyl (C=O) groups is 4. The number of anilines is 1. The maximum absolute atomic E-state index is 12.4. The van der Waals surface area contributed by atoms with Crippen LogP contribution in [-0.2, 0) is 23.7 Å². The molecular formula is C21H26N8O4. The van der Waals surface area contributed by atoms with Crippen molar-refractivity contribution >= 4 is 29.4 Å². The SMILES string of the molecule is Cn1ccnc1C(=O)NCCC(=O)Nc1cn(C)c(C(=O)NCCNC(=O)C2=CC=CC2)n1. The third-order valence-corrected chi connectivity index (χ3v) is 4.77. The zero-order valence-electron chi connectivity index (χ0n) is 18.4. The summed E-state index contributed by atoms with van der Waals surface area (Å²) in [5.74, 6) is -0.746. The molecule has 0 fully saturated rings. The van der Waals surface area contributed by atoms with Crippen molar-refractivity contribution in [2.45, 2.75) is 12.8 Å². The number of aryl methyl sites for hydroxylation is 2. The first kappa shape index (κ1) is 23.4. The average molecular weight is 454 g/mol. The number of aromatic nitrogens is 4. The molecule has 0 radical (unpaired) electrons. The van der Waals surface area contributed by atoms with Gasteiger partial charge in [-0.15, -0.1) is 0 Å². The molecule has 4 amide bonds. The molecule has 0 aromatic carbocycles. The van der Waals surface area contributed by atoms with Crippen molar-refractivity contribution in [1.29, 1.82) is 0 Å². The summed E-state index contributed by atoms with van der Waals surface area (Å²) in [4.78, 5) is 56.4. The van der Waals surface area contributed by atoms with Crippen molar-refractivity contribution in [2.24, 2.45) is 14.1 Å². The van der Waals surface area contributed by atoms with Gasteiger partial charge in [-0.25, -0.2) is 9.97 Å². The van der Waals surface area contributed by atoms with Gasteiger partial charge in [0.2, 0.25) is 17.6 Å². The summed E-state index contributed by atoms with van der Waals surface area (Å²) in [6.45, 7) is 0.631. The minimum atomic E-state index is -0.434. The van der Waals surface area contributed by atoms with E-state index in [9.17, 15) is 19.2 Å². The Kier molecular flexibility index (Phi) is 7.73. The highest BCUT2D eigenvalue weighted by molar-refractivity contribution is 5.95. The molecule has 1 aliphatic carbocycles. The predicted molar refractivity (Wildman–Crippen MR) is 119 cm³/mol. The second-order valence-electron chi connectivity index (χ2n) is 7.31. The van der Waals surface area contributed by atoms with E-state index in [1.165, 1.54) is 17.0 Å². The van der Waals surface area contributed by atoms with E-state index >= 15 is 0 Å². The maximum Gasteiger partial charge on any atom is 0.287 e. The average Bonchev–Trinajstić information content (AvgIpc) is 3.52. The first-order chi connectivity index (χ1) is 15.8. The molecule has 3 rings (SSSR count). The molecule has 12 heteroatoms. The summed E-state index contributed by atoms with van der Waals surface area (Å²) >= 11 is 0. The van der Waals surface area contributed by atoms with Gasteiger partial charge in [0.05, 0.1) is 0 Å². The Morgan fingerprint density at radius 3 is 2.30 bits per heavy atom. The van der Waals surface area contributed by atoms with Crippen LogP contribution in [0.1, 0.15) is 34.1 Å². The fourth-order valence-electron chi connectivity index (χ4n) is 3.06. The van der Waals surface area contributed by atoms with E-state index < -0.39 is 5.91 Å². The van der Waals surface area contributed by atoms with Crippen molar-refractivity contribution in [2.75, 3.05) is 25.0 Å². The second-order valence-corrected chi connectivity index (χ2v) is 7.31. The number of hydrogen-bond donors (Lipinski definition) is 4. The second kappa shape index (κ2) is 10.9. The zero-order chi connectivity index (χ0) is 23.8. The van der Waals surface area contributed by atoms with Crippen LogP contribution in [0.5, 0.6) is 0 Å². The van der Waals surface area contributed by atoms with E-state index in [0.29, 0.717) is 12.0 Å². The summed E-state index contributed by atoms with van der Waals surface area (Å²) in [6.07, 6.45) is 10.8. The van der Waals surface area contributed by atoms with E-state index in [-0.39, 0.29) is 61.2 Å². The summed E-state index contributed by atoms with van der Waals surface area (Å²) < 4.78 is 3.07. The first-order valence-electron chi connectivity index (χ1n) is 10.4. The third kappa shape index (κ3) is 6.38. The number of carbonyl (C=O) groups excluding carboxylic acids is 4. The van der Waals surface area contributed by atoms with Crippen molar-refractivity contribution in [3.63, 3.8) is 0 Å². The van der Waals surface area contributed by atoms with Crippen molar-refractivity contribution < 1.29 is 19.2 Å². The van der Waals surface area contributed by atoms with Gasteiger partial charge in [-0.1, -0.05) is 18.2 Å². The van der Waals surface area contributed by atoms with E-state index in [2.05, 4.69) is 31.2 Å². The fraction of sp³-hybridized carbons (Fsp3) is 0.333. The highest BCUT2D eigenvalue weighted by Crippen LogP contribution is 2.09. The molecule has 1 aliphatic rings. The number of rotatable bonds is 10. The number of nitrogens with zero attached hydrogens (tertiary/aromatic N) is 4. The standard InChI is InChI=1S/C21H26N8O4/c1-28-12-11-22-17(28)20(32)23-8-7-16(30)26-15-13-29(2)18(27-15)21(33)25-10-9-24-19(31)14-5-3-4-6-14/h3-5,11-13H,6-10H2,1-2H3,(H,23,32)(H,24,31)(H,25,33)(H,26,30). The van der Waals surface area contributed by atoms with Gasteiger partial charge in [-0.2, -0.15) is 0 Å². The Balaban J connectivity index is 1.39. The lowest BCUT2D eigenvalue weighted by molar-refractivity contribution is -0.117. The summed E-state index contributed by atoms with van der Waals surface area (Å²) in [5.41, 5.74) is 0.682. The molecular weight excluding hydrogens is 428 g/mol. The topological polar surface area (TPSA) is 152 Å². The quantitative estimate of drug-likeness (QED) is 0.360. The first-order valence-corrected chi connectivity index (χ1v) is 10.4. The van der Waals surface area contributed by atoms with Crippen LogP contribution in [0.25, 0.3) is 0 Å². The van der Waals surface area contributed by atoms with Gasteiger partial charge < -0.3 is 30.4 Å². The summed E-state index contributed by atoms with van der Waals surface area (Å²) in [5, 5.41) is 10.6. The largest absolute Gasteiger partial charge is 0.351 e. The van der Waals surface area contributed by atoms with Gasteiger partial charge in [-0.05, 0) is 6.42 Å². The van der Waals surface area contributed by atoms with Crippen molar-refractivity contribution in [3.8, 4) is 0 Å². The molecule has 0 aliphatic heterocycles. The molecule has 4 N–H and O–H groups in total.